The molecule has 2 N–H and O–H groups in total. The van der Waals surface area contributed by atoms with Crippen LogP contribution in [0.25, 0.3) is 5.69 Å². The number of rotatable bonds is 2. The van der Waals surface area contributed by atoms with Gasteiger partial charge in [-0.25, -0.2) is 4.68 Å². The topological polar surface area (TPSA) is 82.5 Å². The van der Waals surface area contributed by atoms with E-state index in [4.69, 9.17) is 5.73 Å². The van der Waals surface area contributed by atoms with Crippen molar-refractivity contribution in [2.75, 3.05) is 0 Å². The molecule has 0 spiro atoms. The molecule has 0 unspecified atom stereocenters. The normalized spacial score (nSPS) is 10.2. The van der Waals surface area contributed by atoms with Crippen LogP contribution in [0.5, 0.6) is 0 Å². The standard InChI is InChI=1S/C7H8N6/c8-4-6-3-7(1-2-9-6)13-5-10-11-12-13/h1-3,5H,4,8H2. The second kappa shape index (κ2) is 3.28. The van der Waals surface area contributed by atoms with Crippen molar-refractivity contribution < 1.29 is 0 Å². The number of hydrogen-bond donors (Lipinski definition) is 1. The van der Waals surface area contributed by atoms with Gasteiger partial charge in [-0.2, -0.15) is 0 Å². The SMILES string of the molecule is NCc1cc(-n2cnnn2)ccn1. The van der Waals surface area contributed by atoms with Gasteiger partial charge >= 0.3 is 0 Å². The minimum atomic E-state index is 0.413. The van der Waals surface area contributed by atoms with Crippen LogP contribution in [0.4, 0.5) is 0 Å². The molecule has 2 heterocycles. The summed E-state index contributed by atoms with van der Waals surface area (Å²) in [5.41, 5.74) is 7.12. The van der Waals surface area contributed by atoms with E-state index >= 15 is 0 Å². The van der Waals surface area contributed by atoms with Crippen molar-refractivity contribution in [1.82, 2.24) is 25.2 Å². The fourth-order valence-electron chi connectivity index (χ4n) is 0.999. The van der Waals surface area contributed by atoms with Crippen LogP contribution in [0.15, 0.2) is 24.7 Å². The van der Waals surface area contributed by atoms with E-state index < -0.39 is 0 Å². The van der Waals surface area contributed by atoms with Crippen LogP contribution in [-0.4, -0.2) is 25.2 Å². The summed E-state index contributed by atoms with van der Waals surface area (Å²) >= 11 is 0. The molecule has 2 rings (SSSR count). The first-order chi connectivity index (χ1) is 6.40. The highest BCUT2D eigenvalue weighted by Crippen LogP contribution is 2.04. The van der Waals surface area contributed by atoms with Gasteiger partial charge in [-0.3, -0.25) is 4.98 Å². The minimum absolute atomic E-state index is 0.413. The Balaban J connectivity index is 2.41. The van der Waals surface area contributed by atoms with Gasteiger partial charge < -0.3 is 5.73 Å². The molecule has 0 aliphatic carbocycles. The van der Waals surface area contributed by atoms with Crippen molar-refractivity contribution >= 4 is 0 Å². The van der Waals surface area contributed by atoms with E-state index in [0.29, 0.717) is 6.54 Å². The van der Waals surface area contributed by atoms with Crippen LogP contribution < -0.4 is 5.73 Å². The Kier molecular flexibility index (Phi) is 1.97. The van der Waals surface area contributed by atoms with Crippen LogP contribution in [-0.2, 0) is 6.54 Å². The van der Waals surface area contributed by atoms with E-state index in [1.807, 2.05) is 12.1 Å². The van der Waals surface area contributed by atoms with Crippen molar-refractivity contribution in [2.45, 2.75) is 6.54 Å². The van der Waals surface area contributed by atoms with E-state index in [9.17, 15) is 0 Å². The molecule has 0 aliphatic heterocycles. The zero-order valence-corrected chi connectivity index (χ0v) is 6.83. The lowest BCUT2D eigenvalue weighted by atomic mass is 10.3. The van der Waals surface area contributed by atoms with E-state index in [-0.39, 0.29) is 0 Å². The first kappa shape index (κ1) is 7.81. The molecule has 0 bridgehead atoms. The van der Waals surface area contributed by atoms with Crippen molar-refractivity contribution in [1.29, 1.82) is 0 Å². The molecule has 66 valence electrons. The molecule has 0 saturated heterocycles. The van der Waals surface area contributed by atoms with Gasteiger partial charge in [0.2, 0.25) is 0 Å². The second-order valence-corrected chi connectivity index (χ2v) is 2.46. The Morgan fingerprint density at radius 3 is 3.08 bits per heavy atom. The summed E-state index contributed by atoms with van der Waals surface area (Å²) in [6.07, 6.45) is 3.20. The lowest BCUT2D eigenvalue weighted by Gasteiger charge is -2.00. The molecule has 6 heteroatoms. The van der Waals surface area contributed by atoms with Crippen molar-refractivity contribution in [3.05, 3.63) is 30.4 Å². The molecule has 2 aromatic rings. The van der Waals surface area contributed by atoms with E-state index in [1.165, 1.54) is 6.33 Å². The van der Waals surface area contributed by atoms with Gasteiger partial charge in [0.15, 0.2) is 0 Å². The maximum absolute atomic E-state index is 5.45. The summed E-state index contributed by atoms with van der Waals surface area (Å²) in [7, 11) is 0. The third-order valence-corrected chi connectivity index (χ3v) is 1.62. The number of hydrogen-bond acceptors (Lipinski definition) is 5. The first-order valence-electron chi connectivity index (χ1n) is 3.78. The highest BCUT2D eigenvalue weighted by molar-refractivity contribution is 5.29. The van der Waals surface area contributed by atoms with Gasteiger partial charge in [0.05, 0.1) is 11.4 Å². The van der Waals surface area contributed by atoms with Crippen molar-refractivity contribution in [2.24, 2.45) is 5.73 Å². The zero-order valence-electron chi connectivity index (χ0n) is 6.83. The average Bonchev–Trinajstić information content (AvgIpc) is 2.71. The van der Waals surface area contributed by atoms with Gasteiger partial charge in [0, 0.05) is 12.7 Å². The minimum Gasteiger partial charge on any atom is -0.325 e. The van der Waals surface area contributed by atoms with Crippen LogP contribution in [0.2, 0.25) is 0 Å². The van der Waals surface area contributed by atoms with Crippen LogP contribution in [0, 0.1) is 0 Å². The Morgan fingerprint density at radius 1 is 1.46 bits per heavy atom. The van der Waals surface area contributed by atoms with Crippen LogP contribution in [0.3, 0.4) is 0 Å². The monoisotopic (exact) mass is 176 g/mol. The Morgan fingerprint density at radius 2 is 2.38 bits per heavy atom. The molecule has 0 amide bonds. The lowest BCUT2D eigenvalue weighted by molar-refractivity contribution is 0.785. The quantitative estimate of drug-likeness (QED) is 0.668. The fraction of sp³-hybridized carbons (Fsp3) is 0.143. The Labute approximate surface area is 74.4 Å². The van der Waals surface area contributed by atoms with Gasteiger partial charge in [-0.15, -0.1) is 5.10 Å². The molecular formula is C7H8N6. The maximum atomic E-state index is 5.45. The highest BCUT2D eigenvalue weighted by Gasteiger charge is 1.98. The molecular weight excluding hydrogens is 168 g/mol. The van der Waals surface area contributed by atoms with E-state index in [2.05, 4.69) is 20.5 Å². The largest absolute Gasteiger partial charge is 0.325 e. The molecule has 0 saturated carbocycles. The summed E-state index contributed by atoms with van der Waals surface area (Å²) in [4.78, 5) is 4.06. The summed E-state index contributed by atoms with van der Waals surface area (Å²) in [6.45, 7) is 0.413. The van der Waals surface area contributed by atoms with Gasteiger partial charge in [0.25, 0.3) is 0 Å². The van der Waals surface area contributed by atoms with Crippen molar-refractivity contribution in [3.63, 3.8) is 0 Å². The van der Waals surface area contributed by atoms with Crippen LogP contribution in [0.1, 0.15) is 5.69 Å². The molecule has 0 aliphatic rings. The number of nitrogens with zero attached hydrogens (tertiary/aromatic N) is 5. The van der Waals surface area contributed by atoms with Gasteiger partial charge in [-0.1, -0.05) is 0 Å². The lowest BCUT2D eigenvalue weighted by Crippen LogP contribution is -2.02. The van der Waals surface area contributed by atoms with E-state index in [0.717, 1.165) is 11.4 Å². The number of aromatic nitrogens is 5. The summed E-state index contributed by atoms with van der Waals surface area (Å²) in [6, 6.07) is 3.66. The summed E-state index contributed by atoms with van der Waals surface area (Å²) in [5.74, 6) is 0. The molecule has 6 nitrogen and oxygen atoms in total. The number of tetrazole rings is 1. The van der Waals surface area contributed by atoms with Gasteiger partial charge in [0.1, 0.15) is 6.33 Å². The molecule has 0 radical (unpaired) electrons. The molecule has 0 aromatic carbocycles. The maximum Gasteiger partial charge on any atom is 0.143 e. The first-order valence-corrected chi connectivity index (χ1v) is 3.78. The highest BCUT2D eigenvalue weighted by atomic mass is 15.5. The Hall–Kier alpha value is -1.82. The molecule has 0 atom stereocenters. The molecule has 13 heavy (non-hydrogen) atoms. The zero-order chi connectivity index (χ0) is 9.10. The third-order valence-electron chi connectivity index (χ3n) is 1.62. The van der Waals surface area contributed by atoms with E-state index in [1.54, 1.807) is 10.9 Å². The smallest absolute Gasteiger partial charge is 0.143 e. The molecule has 0 fully saturated rings. The Bertz CT molecular complexity index is 382. The summed E-state index contributed by atoms with van der Waals surface area (Å²) < 4.78 is 1.56. The second-order valence-electron chi connectivity index (χ2n) is 2.46. The van der Waals surface area contributed by atoms with Crippen LogP contribution >= 0.6 is 0 Å². The van der Waals surface area contributed by atoms with Gasteiger partial charge in [-0.05, 0) is 22.6 Å². The fourth-order valence-corrected chi connectivity index (χ4v) is 0.999. The predicted molar refractivity (Wildman–Crippen MR) is 44.8 cm³/mol. The number of pyridine rings is 1. The average molecular weight is 176 g/mol. The third kappa shape index (κ3) is 1.52. The summed E-state index contributed by atoms with van der Waals surface area (Å²) in [5, 5.41) is 10.8. The van der Waals surface area contributed by atoms with Crippen molar-refractivity contribution in [3.8, 4) is 5.69 Å². The predicted octanol–water partition coefficient (Wildman–Crippen LogP) is -0.484. The molecule has 2 aromatic heterocycles. The number of nitrogens with two attached hydrogens (primary N) is 1.